The molecule has 1 aromatic rings. The average Bonchev–Trinajstić information content (AvgIpc) is 2.63. The summed E-state index contributed by atoms with van der Waals surface area (Å²) >= 11 is 7.77. The first-order chi connectivity index (χ1) is 9.47. The Balaban J connectivity index is 2.37. The zero-order valence-electron chi connectivity index (χ0n) is 10.8. The number of nitrogens with zero attached hydrogens (tertiary/aromatic N) is 1. The van der Waals surface area contributed by atoms with Crippen molar-refractivity contribution in [2.45, 2.75) is 6.92 Å². The lowest BCUT2D eigenvalue weighted by atomic mass is 10.2. The highest BCUT2D eigenvalue weighted by Crippen LogP contribution is 2.37. The molecule has 1 aliphatic rings. The van der Waals surface area contributed by atoms with Gasteiger partial charge < -0.3 is 4.74 Å². The lowest BCUT2D eigenvalue weighted by molar-refractivity contribution is -0.122. The number of ether oxygens (including phenoxy) is 1. The van der Waals surface area contributed by atoms with Crippen LogP contribution in [0.15, 0.2) is 26.0 Å². The van der Waals surface area contributed by atoms with Gasteiger partial charge in [-0.3, -0.25) is 14.5 Å². The molecule has 4 nitrogen and oxygen atoms in total. The van der Waals surface area contributed by atoms with Crippen molar-refractivity contribution in [2.24, 2.45) is 0 Å². The Hall–Kier alpha value is -0.790. The van der Waals surface area contributed by atoms with Gasteiger partial charge in [-0.1, -0.05) is 0 Å². The van der Waals surface area contributed by atoms with Gasteiger partial charge in [-0.25, -0.2) is 0 Å². The van der Waals surface area contributed by atoms with E-state index in [4.69, 9.17) is 4.74 Å². The van der Waals surface area contributed by atoms with Crippen LogP contribution in [0.2, 0.25) is 0 Å². The molecule has 0 N–H and O–H groups in total. The number of thioether (sulfide) groups is 1. The summed E-state index contributed by atoms with van der Waals surface area (Å²) in [5.74, 6) is 0.439. The van der Waals surface area contributed by atoms with E-state index >= 15 is 0 Å². The van der Waals surface area contributed by atoms with Gasteiger partial charge in [0.2, 0.25) is 0 Å². The largest absolute Gasteiger partial charge is 0.494 e. The number of hydrogen-bond acceptors (Lipinski definition) is 4. The predicted molar refractivity (Wildman–Crippen MR) is 86.7 cm³/mol. The SMILES string of the molecule is CCN1C(=O)S/C(=C/c2cc(Br)c(OC)c(Br)c2)C1=O. The molecule has 106 valence electrons. The lowest BCUT2D eigenvalue weighted by Gasteiger charge is -2.08. The topological polar surface area (TPSA) is 46.6 Å². The van der Waals surface area contributed by atoms with Crippen LogP contribution >= 0.6 is 43.6 Å². The number of carbonyl (C=O) groups excluding carboxylic acids is 2. The fourth-order valence-electron chi connectivity index (χ4n) is 1.78. The molecule has 1 aliphatic heterocycles. The summed E-state index contributed by atoms with van der Waals surface area (Å²) in [7, 11) is 1.58. The molecule has 0 atom stereocenters. The summed E-state index contributed by atoms with van der Waals surface area (Å²) in [5.41, 5.74) is 0.811. The summed E-state index contributed by atoms with van der Waals surface area (Å²) < 4.78 is 6.77. The van der Waals surface area contributed by atoms with Crippen LogP contribution in [-0.4, -0.2) is 29.7 Å². The number of amides is 2. The van der Waals surface area contributed by atoms with Gasteiger partial charge in [0.1, 0.15) is 5.75 Å². The Morgan fingerprint density at radius 2 is 1.90 bits per heavy atom. The van der Waals surface area contributed by atoms with E-state index in [1.807, 2.05) is 12.1 Å². The minimum Gasteiger partial charge on any atom is -0.494 e. The van der Waals surface area contributed by atoms with E-state index in [1.54, 1.807) is 20.1 Å². The molecular weight excluding hydrogens is 410 g/mol. The molecule has 7 heteroatoms. The number of halogens is 2. The van der Waals surface area contributed by atoms with Crippen molar-refractivity contribution in [3.63, 3.8) is 0 Å². The Bertz CT molecular complexity index is 593. The standard InChI is InChI=1S/C13H11Br2NO3S/c1-3-16-12(17)10(20-13(16)18)6-7-4-8(14)11(19-2)9(15)5-7/h4-6H,3H2,1-2H3/b10-6+. The molecule has 1 aromatic carbocycles. The zero-order valence-corrected chi connectivity index (χ0v) is 14.8. The molecule has 0 aromatic heterocycles. The van der Waals surface area contributed by atoms with Gasteiger partial charge >= 0.3 is 0 Å². The highest BCUT2D eigenvalue weighted by molar-refractivity contribution is 9.11. The maximum atomic E-state index is 12.0. The van der Waals surface area contributed by atoms with E-state index < -0.39 is 0 Å². The van der Waals surface area contributed by atoms with Crippen molar-refractivity contribution >= 4 is 60.8 Å². The van der Waals surface area contributed by atoms with Crippen molar-refractivity contribution in [3.8, 4) is 5.75 Å². The van der Waals surface area contributed by atoms with Crippen LogP contribution in [0.3, 0.4) is 0 Å². The molecule has 0 bridgehead atoms. The molecule has 1 saturated heterocycles. The van der Waals surface area contributed by atoms with Gasteiger partial charge in [-0.2, -0.15) is 0 Å². The summed E-state index contributed by atoms with van der Waals surface area (Å²) in [6, 6.07) is 3.67. The monoisotopic (exact) mass is 419 g/mol. The van der Waals surface area contributed by atoms with Gasteiger partial charge in [0.05, 0.1) is 21.0 Å². The Kier molecular flexibility index (Phi) is 4.93. The third kappa shape index (κ3) is 2.94. The van der Waals surface area contributed by atoms with Crippen LogP contribution in [-0.2, 0) is 4.79 Å². The van der Waals surface area contributed by atoms with Crippen molar-refractivity contribution < 1.29 is 14.3 Å². The number of benzene rings is 1. The second-order valence-electron chi connectivity index (χ2n) is 3.94. The molecule has 0 aliphatic carbocycles. The Morgan fingerprint density at radius 3 is 2.35 bits per heavy atom. The van der Waals surface area contributed by atoms with E-state index in [9.17, 15) is 9.59 Å². The molecule has 20 heavy (non-hydrogen) atoms. The van der Waals surface area contributed by atoms with E-state index in [0.29, 0.717) is 17.2 Å². The highest BCUT2D eigenvalue weighted by atomic mass is 79.9. The van der Waals surface area contributed by atoms with Crippen molar-refractivity contribution in [1.29, 1.82) is 0 Å². The van der Waals surface area contributed by atoms with E-state index in [1.165, 1.54) is 4.90 Å². The molecule has 2 rings (SSSR count). The van der Waals surface area contributed by atoms with Crippen LogP contribution in [0, 0.1) is 0 Å². The number of imide groups is 1. The molecule has 1 fully saturated rings. The van der Waals surface area contributed by atoms with Crippen molar-refractivity contribution in [1.82, 2.24) is 4.90 Å². The fourth-order valence-corrected chi connectivity index (χ4v) is 4.23. The molecule has 0 unspecified atom stereocenters. The van der Waals surface area contributed by atoms with E-state index in [2.05, 4.69) is 31.9 Å². The lowest BCUT2D eigenvalue weighted by Crippen LogP contribution is -2.27. The third-order valence-electron chi connectivity index (χ3n) is 2.71. The highest BCUT2D eigenvalue weighted by Gasteiger charge is 2.33. The summed E-state index contributed by atoms with van der Waals surface area (Å²) in [5, 5.41) is -0.226. The van der Waals surface area contributed by atoms with Crippen LogP contribution in [0.1, 0.15) is 12.5 Å². The first kappa shape index (κ1) is 15.6. The second kappa shape index (κ2) is 6.32. The number of carbonyl (C=O) groups is 2. The molecular formula is C13H11Br2NO3S. The first-order valence-corrected chi connectivity index (χ1v) is 8.16. The quantitative estimate of drug-likeness (QED) is 0.684. The fraction of sp³-hybridized carbons (Fsp3) is 0.231. The molecule has 0 saturated carbocycles. The Labute approximate surface area is 137 Å². The minimum absolute atomic E-state index is 0.226. The van der Waals surface area contributed by atoms with Gasteiger partial charge in [0.25, 0.3) is 11.1 Å². The molecule has 1 heterocycles. The number of methoxy groups -OCH3 is 1. The first-order valence-electron chi connectivity index (χ1n) is 5.76. The van der Waals surface area contributed by atoms with Crippen LogP contribution in [0.4, 0.5) is 4.79 Å². The predicted octanol–water partition coefficient (Wildman–Crippen LogP) is 4.28. The average molecular weight is 421 g/mol. The molecule has 0 spiro atoms. The third-order valence-corrected chi connectivity index (χ3v) is 4.80. The van der Waals surface area contributed by atoms with Gasteiger partial charge in [-0.05, 0) is 74.3 Å². The van der Waals surface area contributed by atoms with Gasteiger partial charge in [0, 0.05) is 6.54 Å². The number of hydrogen-bond donors (Lipinski definition) is 0. The number of rotatable bonds is 3. The normalized spacial score (nSPS) is 17.2. The van der Waals surface area contributed by atoms with Crippen LogP contribution in [0.25, 0.3) is 6.08 Å². The maximum Gasteiger partial charge on any atom is 0.293 e. The van der Waals surface area contributed by atoms with Crippen molar-refractivity contribution in [2.75, 3.05) is 13.7 Å². The van der Waals surface area contributed by atoms with E-state index in [-0.39, 0.29) is 11.1 Å². The molecule has 2 amide bonds. The summed E-state index contributed by atoms with van der Waals surface area (Å²) in [6.45, 7) is 2.16. The van der Waals surface area contributed by atoms with Gasteiger partial charge in [0.15, 0.2) is 0 Å². The Morgan fingerprint density at radius 1 is 1.30 bits per heavy atom. The minimum atomic E-state index is -0.245. The number of likely N-dealkylation sites (N-methyl/N-ethyl adjacent to an activating group) is 1. The van der Waals surface area contributed by atoms with E-state index in [0.717, 1.165) is 26.3 Å². The summed E-state index contributed by atoms with van der Waals surface area (Å²) in [4.78, 5) is 25.3. The van der Waals surface area contributed by atoms with Crippen LogP contribution in [0.5, 0.6) is 5.75 Å². The zero-order chi connectivity index (χ0) is 14.9. The van der Waals surface area contributed by atoms with Crippen LogP contribution < -0.4 is 4.74 Å². The summed E-state index contributed by atoms with van der Waals surface area (Å²) in [6.07, 6.45) is 1.70. The maximum absolute atomic E-state index is 12.0. The van der Waals surface area contributed by atoms with Gasteiger partial charge in [-0.15, -0.1) is 0 Å². The molecule has 0 radical (unpaired) electrons. The second-order valence-corrected chi connectivity index (χ2v) is 6.65. The van der Waals surface area contributed by atoms with Crippen molar-refractivity contribution in [3.05, 3.63) is 31.5 Å². The smallest absolute Gasteiger partial charge is 0.293 e.